The number of benzene rings is 2. The van der Waals surface area contributed by atoms with Crippen LogP contribution in [0.4, 0.5) is 4.39 Å². The molecule has 2 aromatic carbocycles. The van der Waals surface area contributed by atoms with Crippen molar-refractivity contribution in [1.29, 1.82) is 0 Å². The van der Waals surface area contributed by atoms with Crippen molar-refractivity contribution in [3.05, 3.63) is 65.6 Å². The van der Waals surface area contributed by atoms with E-state index < -0.39 is 0 Å². The molecular weight excluding hydrogens is 305 g/mol. The fraction of sp³-hybridized carbons (Fsp3) is 0.263. The molecule has 3 rings (SSSR count). The molecule has 0 aliphatic carbocycles. The highest BCUT2D eigenvalue weighted by Crippen LogP contribution is 2.17. The first kappa shape index (κ1) is 16.2. The predicted octanol–water partition coefficient (Wildman–Crippen LogP) is 3.23. The molecule has 124 valence electrons. The highest BCUT2D eigenvalue weighted by atomic mass is 19.1. The molecule has 1 amide bonds. The number of rotatable bonds is 6. The number of amides is 1. The molecule has 0 aliphatic rings. The van der Waals surface area contributed by atoms with Crippen molar-refractivity contribution in [1.82, 2.24) is 15.1 Å². The Balaban J connectivity index is 1.50. The Morgan fingerprint density at radius 1 is 1.25 bits per heavy atom. The van der Waals surface area contributed by atoms with Gasteiger partial charge in [0.05, 0.1) is 18.3 Å². The zero-order chi connectivity index (χ0) is 16.9. The highest BCUT2D eigenvalue weighted by molar-refractivity contribution is 5.82. The highest BCUT2D eigenvalue weighted by Gasteiger charge is 2.07. The normalized spacial score (nSPS) is 10.9. The van der Waals surface area contributed by atoms with Gasteiger partial charge >= 0.3 is 0 Å². The van der Waals surface area contributed by atoms with Crippen molar-refractivity contribution in [2.24, 2.45) is 0 Å². The Kier molecular flexibility index (Phi) is 4.89. The summed E-state index contributed by atoms with van der Waals surface area (Å²) in [4.78, 5) is 12.0. The van der Waals surface area contributed by atoms with Crippen LogP contribution in [-0.2, 0) is 17.8 Å². The third-order valence-corrected chi connectivity index (χ3v) is 4.04. The van der Waals surface area contributed by atoms with E-state index in [4.69, 9.17) is 0 Å². The fourth-order valence-corrected chi connectivity index (χ4v) is 2.83. The number of aromatic nitrogens is 2. The molecule has 4 nitrogen and oxygen atoms in total. The van der Waals surface area contributed by atoms with Crippen LogP contribution in [0.15, 0.2) is 48.7 Å². The van der Waals surface area contributed by atoms with Crippen LogP contribution in [0.3, 0.4) is 0 Å². The average molecular weight is 325 g/mol. The number of fused-ring (bicyclic) bond motifs is 1. The monoisotopic (exact) mass is 325 g/mol. The predicted molar refractivity (Wildman–Crippen MR) is 92.2 cm³/mol. The molecule has 0 atom stereocenters. The lowest BCUT2D eigenvalue weighted by atomic mass is 10.1. The lowest BCUT2D eigenvalue weighted by Gasteiger charge is -2.07. The largest absolute Gasteiger partial charge is 0.356 e. The van der Waals surface area contributed by atoms with Gasteiger partial charge in [-0.15, -0.1) is 0 Å². The van der Waals surface area contributed by atoms with Crippen molar-refractivity contribution < 1.29 is 9.18 Å². The van der Waals surface area contributed by atoms with Crippen LogP contribution in [-0.4, -0.2) is 22.2 Å². The molecule has 0 bridgehead atoms. The van der Waals surface area contributed by atoms with Crippen LogP contribution in [0, 0.1) is 12.7 Å². The van der Waals surface area contributed by atoms with E-state index in [1.807, 2.05) is 42.1 Å². The topological polar surface area (TPSA) is 46.9 Å². The summed E-state index contributed by atoms with van der Waals surface area (Å²) < 4.78 is 15.0. The molecule has 5 heteroatoms. The molecular formula is C19H20FN3O. The molecule has 0 spiro atoms. The summed E-state index contributed by atoms with van der Waals surface area (Å²) in [6, 6.07) is 12.5. The Hall–Kier alpha value is -2.69. The molecule has 24 heavy (non-hydrogen) atoms. The Morgan fingerprint density at radius 3 is 2.92 bits per heavy atom. The van der Waals surface area contributed by atoms with E-state index >= 15 is 0 Å². The first-order valence-electron chi connectivity index (χ1n) is 8.06. The van der Waals surface area contributed by atoms with E-state index in [-0.39, 0.29) is 11.7 Å². The van der Waals surface area contributed by atoms with E-state index in [0.29, 0.717) is 25.9 Å². The van der Waals surface area contributed by atoms with Crippen molar-refractivity contribution in [2.75, 3.05) is 6.54 Å². The fourth-order valence-electron chi connectivity index (χ4n) is 2.83. The summed E-state index contributed by atoms with van der Waals surface area (Å²) in [6.45, 7) is 3.08. The maximum atomic E-state index is 13.1. The molecule has 0 saturated carbocycles. The van der Waals surface area contributed by atoms with Gasteiger partial charge in [-0.05, 0) is 36.6 Å². The number of hydrogen-bond donors (Lipinski definition) is 1. The van der Waals surface area contributed by atoms with Crippen LogP contribution >= 0.6 is 0 Å². The Bertz CT molecular complexity index is 857. The molecule has 0 aliphatic heterocycles. The van der Waals surface area contributed by atoms with Gasteiger partial charge < -0.3 is 5.32 Å². The third-order valence-electron chi connectivity index (χ3n) is 4.04. The molecule has 0 radical (unpaired) electrons. The number of hydrogen-bond acceptors (Lipinski definition) is 2. The number of carbonyl (C=O) groups is 1. The van der Waals surface area contributed by atoms with Crippen molar-refractivity contribution in [2.45, 2.75) is 26.3 Å². The Morgan fingerprint density at radius 2 is 2.08 bits per heavy atom. The van der Waals surface area contributed by atoms with Crippen molar-refractivity contribution in [3.63, 3.8) is 0 Å². The van der Waals surface area contributed by atoms with E-state index in [2.05, 4.69) is 10.4 Å². The van der Waals surface area contributed by atoms with Gasteiger partial charge in [-0.2, -0.15) is 5.10 Å². The summed E-state index contributed by atoms with van der Waals surface area (Å²) >= 11 is 0. The zero-order valence-corrected chi connectivity index (χ0v) is 13.6. The third kappa shape index (κ3) is 3.79. The van der Waals surface area contributed by atoms with E-state index in [1.165, 1.54) is 12.1 Å². The van der Waals surface area contributed by atoms with Crippen molar-refractivity contribution in [3.8, 4) is 0 Å². The number of para-hydroxylation sites is 1. The SMILES string of the molecule is Cc1cccc2cnn(CCC(=O)NCCc3cccc(F)c3)c12. The quantitative estimate of drug-likeness (QED) is 0.756. The average Bonchev–Trinajstić information content (AvgIpc) is 2.98. The smallest absolute Gasteiger partial charge is 0.221 e. The number of nitrogens with zero attached hydrogens (tertiary/aromatic N) is 2. The van der Waals surface area contributed by atoms with E-state index in [1.54, 1.807) is 6.07 Å². The van der Waals surface area contributed by atoms with Gasteiger partial charge in [0.1, 0.15) is 5.82 Å². The minimum Gasteiger partial charge on any atom is -0.356 e. The number of nitrogens with one attached hydrogen (secondary N) is 1. The van der Waals surface area contributed by atoms with Gasteiger partial charge in [0.2, 0.25) is 5.91 Å². The summed E-state index contributed by atoms with van der Waals surface area (Å²) in [7, 11) is 0. The first-order valence-corrected chi connectivity index (χ1v) is 8.06. The minimum atomic E-state index is -0.250. The van der Waals surface area contributed by atoms with Gasteiger partial charge in [-0.3, -0.25) is 9.48 Å². The summed E-state index contributed by atoms with van der Waals surface area (Å²) in [5.41, 5.74) is 3.10. The standard InChI is InChI=1S/C19H20FN3O/c1-14-4-2-6-16-13-22-23(19(14)16)11-9-18(24)21-10-8-15-5-3-7-17(20)12-15/h2-7,12-13H,8-11H2,1H3,(H,21,24). The summed E-state index contributed by atoms with van der Waals surface area (Å²) in [5, 5.41) is 8.32. The van der Waals surface area contributed by atoms with Crippen LogP contribution in [0.25, 0.3) is 10.9 Å². The molecule has 0 saturated heterocycles. The van der Waals surface area contributed by atoms with Gasteiger partial charge in [0.15, 0.2) is 0 Å². The lowest BCUT2D eigenvalue weighted by molar-refractivity contribution is -0.121. The molecule has 1 heterocycles. The summed E-state index contributed by atoms with van der Waals surface area (Å²) in [5.74, 6) is -0.275. The van der Waals surface area contributed by atoms with Crippen LogP contribution in [0.2, 0.25) is 0 Å². The first-order chi connectivity index (χ1) is 11.6. The molecule has 1 N–H and O–H groups in total. The van der Waals surface area contributed by atoms with E-state index in [9.17, 15) is 9.18 Å². The molecule has 3 aromatic rings. The number of carbonyl (C=O) groups excluding carboxylic acids is 1. The second-order valence-electron chi connectivity index (χ2n) is 5.86. The second-order valence-corrected chi connectivity index (χ2v) is 5.86. The maximum Gasteiger partial charge on any atom is 0.221 e. The number of aryl methyl sites for hydroxylation is 2. The van der Waals surface area contributed by atoms with Crippen LogP contribution in [0.1, 0.15) is 17.5 Å². The summed E-state index contributed by atoms with van der Waals surface area (Å²) in [6.07, 6.45) is 2.81. The van der Waals surface area contributed by atoms with Crippen molar-refractivity contribution >= 4 is 16.8 Å². The molecule has 1 aromatic heterocycles. The van der Waals surface area contributed by atoms with Gasteiger partial charge in [0, 0.05) is 18.4 Å². The second kappa shape index (κ2) is 7.25. The Labute approximate surface area is 140 Å². The maximum absolute atomic E-state index is 13.1. The zero-order valence-electron chi connectivity index (χ0n) is 13.6. The molecule has 0 fully saturated rings. The minimum absolute atomic E-state index is 0.0244. The van der Waals surface area contributed by atoms with Crippen LogP contribution < -0.4 is 5.32 Å². The van der Waals surface area contributed by atoms with Gasteiger partial charge in [0.25, 0.3) is 0 Å². The van der Waals surface area contributed by atoms with Gasteiger partial charge in [-0.25, -0.2) is 4.39 Å². The van der Waals surface area contributed by atoms with E-state index in [0.717, 1.165) is 22.0 Å². The van der Waals surface area contributed by atoms with Gasteiger partial charge in [-0.1, -0.05) is 30.3 Å². The number of halogens is 1. The van der Waals surface area contributed by atoms with Crippen LogP contribution in [0.5, 0.6) is 0 Å². The lowest BCUT2D eigenvalue weighted by Crippen LogP contribution is -2.26. The molecule has 0 unspecified atom stereocenters.